The average molecular weight is 379 g/mol. The van der Waals surface area contributed by atoms with Crippen molar-refractivity contribution in [3.63, 3.8) is 0 Å². The van der Waals surface area contributed by atoms with Crippen molar-refractivity contribution in [1.82, 2.24) is 19.9 Å². The first kappa shape index (κ1) is 17.3. The number of thioether (sulfide) groups is 1. The zero-order chi connectivity index (χ0) is 18.6. The molecule has 2 aromatic heterocycles. The van der Waals surface area contributed by atoms with Crippen molar-refractivity contribution < 1.29 is 9.59 Å². The van der Waals surface area contributed by atoms with E-state index in [2.05, 4.69) is 15.3 Å². The summed E-state index contributed by atoms with van der Waals surface area (Å²) in [4.78, 5) is 35.5. The molecule has 27 heavy (non-hydrogen) atoms. The van der Waals surface area contributed by atoms with Crippen LogP contribution in [0.1, 0.15) is 5.56 Å². The summed E-state index contributed by atoms with van der Waals surface area (Å²) in [6, 6.07) is 11.4. The van der Waals surface area contributed by atoms with E-state index in [0.717, 1.165) is 22.0 Å². The number of anilines is 1. The summed E-state index contributed by atoms with van der Waals surface area (Å²) in [5.41, 5.74) is 1.67. The van der Waals surface area contributed by atoms with Crippen LogP contribution in [0.4, 0.5) is 5.69 Å². The summed E-state index contributed by atoms with van der Waals surface area (Å²) >= 11 is 1.50. The minimum Gasteiger partial charge on any atom is -0.350 e. The minimum atomic E-state index is -0.205. The summed E-state index contributed by atoms with van der Waals surface area (Å²) in [7, 11) is 0. The third-order valence-corrected chi connectivity index (χ3v) is 5.23. The Morgan fingerprint density at radius 3 is 2.89 bits per heavy atom. The van der Waals surface area contributed by atoms with Gasteiger partial charge < -0.3 is 10.2 Å². The number of carbonyl (C=O) groups is 2. The Balaban J connectivity index is 1.37. The van der Waals surface area contributed by atoms with Gasteiger partial charge in [0.15, 0.2) is 0 Å². The number of hydrogen-bond donors (Lipinski definition) is 1. The largest absolute Gasteiger partial charge is 0.350 e. The van der Waals surface area contributed by atoms with Crippen molar-refractivity contribution in [3.8, 4) is 5.82 Å². The molecule has 1 aliphatic heterocycles. The van der Waals surface area contributed by atoms with Gasteiger partial charge in [0.1, 0.15) is 18.7 Å². The van der Waals surface area contributed by atoms with Crippen LogP contribution < -0.4 is 10.2 Å². The van der Waals surface area contributed by atoms with E-state index in [9.17, 15) is 9.59 Å². The predicted octanol–water partition coefficient (Wildman–Crippen LogP) is 2.02. The molecule has 0 unspecified atom stereocenters. The third-order valence-electron chi connectivity index (χ3n) is 4.18. The van der Waals surface area contributed by atoms with Gasteiger partial charge in [-0.2, -0.15) is 0 Å². The van der Waals surface area contributed by atoms with Gasteiger partial charge in [0.2, 0.25) is 11.8 Å². The Morgan fingerprint density at radius 2 is 2.11 bits per heavy atom. The number of fused-ring (bicyclic) bond motifs is 1. The highest BCUT2D eigenvalue weighted by Crippen LogP contribution is 2.34. The molecule has 8 heteroatoms. The van der Waals surface area contributed by atoms with Crippen LogP contribution in [0.25, 0.3) is 5.82 Å². The predicted molar refractivity (Wildman–Crippen MR) is 103 cm³/mol. The molecule has 0 radical (unpaired) electrons. The Hall–Kier alpha value is -3.13. The fourth-order valence-corrected chi connectivity index (χ4v) is 3.73. The minimum absolute atomic E-state index is 0.0109. The summed E-state index contributed by atoms with van der Waals surface area (Å²) in [6.07, 6.45) is 6.90. The molecule has 136 valence electrons. The molecular weight excluding hydrogens is 362 g/mol. The smallest absolute Gasteiger partial charge is 0.240 e. The van der Waals surface area contributed by atoms with Gasteiger partial charge in [-0.25, -0.2) is 9.97 Å². The molecular formula is C19H17N5O2S. The quantitative estimate of drug-likeness (QED) is 0.734. The summed E-state index contributed by atoms with van der Waals surface area (Å²) in [5, 5.41) is 2.85. The van der Waals surface area contributed by atoms with Gasteiger partial charge in [0.25, 0.3) is 0 Å². The topological polar surface area (TPSA) is 80.1 Å². The van der Waals surface area contributed by atoms with E-state index in [1.807, 2.05) is 42.6 Å². The van der Waals surface area contributed by atoms with E-state index in [0.29, 0.717) is 12.3 Å². The van der Waals surface area contributed by atoms with Gasteiger partial charge >= 0.3 is 0 Å². The average Bonchev–Trinajstić information content (AvgIpc) is 3.24. The van der Waals surface area contributed by atoms with Crippen LogP contribution in [-0.4, -0.2) is 38.6 Å². The third kappa shape index (κ3) is 3.85. The Labute approximate surface area is 160 Å². The number of hydrogen-bond acceptors (Lipinski definition) is 5. The molecule has 1 aliphatic rings. The number of para-hydroxylation sites is 1. The first-order valence-electron chi connectivity index (χ1n) is 8.43. The standard InChI is InChI=1S/C19H17N5O2S/c25-18(11-24-15-3-1-2-4-16(15)27-12-19(24)26)22-10-14-5-6-17(21-9-14)23-8-7-20-13-23/h1-9,13H,10-12H2,(H,22,25). The van der Waals surface area contributed by atoms with Gasteiger partial charge in [0, 0.05) is 30.0 Å². The number of rotatable bonds is 5. The maximum atomic E-state index is 12.3. The fraction of sp³-hybridized carbons (Fsp3) is 0.158. The van der Waals surface area contributed by atoms with Crippen molar-refractivity contribution in [3.05, 3.63) is 66.9 Å². The lowest BCUT2D eigenvalue weighted by Crippen LogP contribution is -2.43. The molecule has 0 aliphatic carbocycles. The SMILES string of the molecule is O=C(CN1C(=O)CSc2ccccc21)NCc1ccc(-n2ccnc2)nc1. The number of amides is 2. The molecule has 1 N–H and O–H groups in total. The maximum absolute atomic E-state index is 12.3. The highest BCUT2D eigenvalue weighted by atomic mass is 32.2. The molecule has 7 nitrogen and oxygen atoms in total. The van der Waals surface area contributed by atoms with E-state index in [1.54, 1.807) is 28.2 Å². The lowest BCUT2D eigenvalue weighted by Gasteiger charge is -2.28. The molecule has 1 aromatic carbocycles. The van der Waals surface area contributed by atoms with E-state index in [4.69, 9.17) is 0 Å². The molecule has 3 aromatic rings. The van der Waals surface area contributed by atoms with Gasteiger partial charge in [-0.1, -0.05) is 18.2 Å². The normalized spacial score (nSPS) is 13.3. The number of carbonyl (C=O) groups excluding carboxylic acids is 2. The van der Waals surface area contributed by atoms with Crippen molar-refractivity contribution >= 4 is 29.3 Å². The van der Waals surface area contributed by atoms with E-state index in [1.165, 1.54) is 11.8 Å². The highest BCUT2D eigenvalue weighted by Gasteiger charge is 2.26. The molecule has 0 saturated heterocycles. The number of imidazole rings is 1. The molecule has 0 atom stereocenters. The first-order valence-corrected chi connectivity index (χ1v) is 9.41. The second kappa shape index (κ2) is 7.63. The van der Waals surface area contributed by atoms with Crippen molar-refractivity contribution in [2.24, 2.45) is 0 Å². The second-order valence-electron chi connectivity index (χ2n) is 6.01. The van der Waals surface area contributed by atoms with Crippen LogP contribution in [0.5, 0.6) is 0 Å². The number of nitrogens with zero attached hydrogens (tertiary/aromatic N) is 4. The first-order chi connectivity index (χ1) is 13.2. The van der Waals surface area contributed by atoms with Crippen molar-refractivity contribution in [2.75, 3.05) is 17.2 Å². The highest BCUT2D eigenvalue weighted by molar-refractivity contribution is 8.00. The van der Waals surface area contributed by atoms with Gasteiger partial charge in [0.05, 0.1) is 11.4 Å². The number of benzene rings is 1. The van der Waals surface area contributed by atoms with Crippen molar-refractivity contribution in [2.45, 2.75) is 11.4 Å². The Morgan fingerprint density at radius 1 is 1.22 bits per heavy atom. The summed E-state index contributed by atoms with van der Waals surface area (Å²) < 4.78 is 1.81. The van der Waals surface area contributed by atoms with Crippen LogP contribution in [0.2, 0.25) is 0 Å². The molecule has 0 bridgehead atoms. The van der Waals surface area contributed by atoms with Crippen LogP contribution in [-0.2, 0) is 16.1 Å². The van der Waals surface area contributed by atoms with Crippen LogP contribution in [0, 0.1) is 0 Å². The number of pyridine rings is 1. The molecule has 0 fully saturated rings. The molecule has 4 rings (SSSR count). The van der Waals surface area contributed by atoms with Crippen LogP contribution in [0.3, 0.4) is 0 Å². The van der Waals surface area contributed by atoms with E-state index in [-0.39, 0.29) is 18.4 Å². The zero-order valence-electron chi connectivity index (χ0n) is 14.4. The lowest BCUT2D eigenvalue weighted by molar-refractivity contribution is -0.123. The monoisotopic (exact) mass is 379 g/mol. The van der Waals surface area contributed by atoms with Crippen LogP contribution >= 0.6 is 11.8 Å². The maximum Gasteiger partial charge on any atom is 0.240 e. The Kier molecular flexibility index (Phi) is 4.88. The molecule has 2 amide bonds. The zero-order valence-corrected chi connectivity index (χ0v) is 15.2. The molecule has 3 heterocycles. The van der Waals surface area contributed by atoms with E-state index >= 15 is 0 Å². The number of aromatic nitrogens is 3. The van der Waals surface area contributed by atoms with E-state index < -0.39 is 0 Å². The van der Waals surface area contributed by atoms with Gasteiger partial charge in [-0.05, 0) is 23.8 Å². The van der Waals surface area contributed by atoms with Gasteiger partial charge in [-0.15, -0.1) is 11.8 Å². The second-order valence-corrected chi connectivity index (χ2v) is 7.02. The van der Waals surface area contributed by atoms with Gasteiger partial charge in [-0.3, -0.25) is 14.2 Å². The fourth-order valence-electron chi connectivity index (χ4n) is 2.80. The summed E-state index contributed by atoms with van der Waals surface area (Å²) in [6.45, 7) is 0.366. The summed E-state index contributed by atoms with van der Waals surface area (Å²) in [5.74, 6) is 0.851. The molecule has 0 spiro atoms. The van der Waals surface area contributed by atoms with Crippen LogP contribution in [0.15, 0.2) is 66.2 Å². The Bertz CT molecular complexity index is 956. The number of nitrogens with one attached hydrogen (secondary N) is 1. The lowest BCUT2D eigenvalue weighted by atomic mass is 10.2. The molecule has 0 saturated carbocycles. The van der Waals surface area contributed by atoms with Crippen molar-refractivity contribution in [1.29, 1.82) is 0 Å².